The number of nitrogens with two attached hydrogens (primary N) is 2. The number of aromatic nitrogens is 2. The Bertz CT molecular complexity index is 815. The molecule has 14 heteroatoms. The van der Waals surface area contributed by atoms with E-state index in [9.17, 15) is 29.1 Å². The van der Waals surface area contributed by atoms with Crippen LogP contribution in [0.3, 0.4) is 0 Å². The van der Waals surface area contributed by atoms with Crippen molar-refractivity contribution in [2.75, 3.05) is 6.54 Å². The molecule has 10 N–H and O–H groups in total. The minimum absolute atomic E-state index is 0.0219. The molecule has 3 amide bonds. The van der Waals surface area contributed by atoms with Gasteiger partial charge in [-0.05, 0) is 32.7 Å². The molecule has 184 valence electrons. The summed E-state index contributed by atoms with van der Waals surface area (Å²) in [4.78, 5) is 66.2. The van der Waals surface area contributed by atoms with Crippen molar-refractivity contribution in [1.29, 1.82) is 0 Å². The van der Waals surface area contributed by atoms with Gasteiger partial charge in [-0.15, -0.1) is 0 Å². The fourth-order valence-corrected chi connectivity index (χ4v) is 2.81. The second-order valence-electron chi connectivity index (χ2n) is 7.46. The summed E-state index contributed by atoms with van der Waals surface area (Å²) < 4.78 is 0. The van der Waals surface area contributed by atoms with Crippen LogP contribution in [0.5, 0.6) is 0 Å². The Kier molecular flexibility index (Phi) is 11.5. The molecule has 0 aliphatic carbocycles. The number of hydrogen-bond acceptors (Lipinski definition) is 8. The van der Waals surface area contributed by atoms with Crippen LogP contribution in [0.1, 0.15) is 38.3 Å². The number of carboxylic acid groups (broad SMARTS) is 2. The van der Waals surface area contributed by atoms with Gasteiger partial charge in [-0.25, -0.2) is 9.78 Å². The largest absolute Gasteiger partial charge is 0.481 e. The average molecular weight is 469 g/mol. The van der Waals surface area contributed by atoms with Gasteiger partial charge in [0.2, 0.25) is 17.7 Å². The van der Waals surface area contributed by atoms with Crippen LogP contribution in [-0.4, -0.2) is 80.6 Å². The van der Waals surface area contributed by atoms with E-state index in [1.807, 2.05) is 0 Å². The van der Waals surface area contributed by atoms with Gasteiger partial charge in [0.15, 0.2) is 0 Å². The molecule has 0 saturated heterocycles. The predicted molar refractivity (Wildman–Crippen MR) is 115 cm³/mol. The summed E-state index contributed by atoms with van der Waals surface area (Å²) in [6, 6.07) is -4.85. The Labute approximate surface area is 189 Å². The normalized spacial score (nSPS) is 14.4. The SMILES string of the molecule is C[C@H](NC(=O)[C@H](N)CC(=O)O)C(=O)N[C@@H](Cc1cnc[nH]1)C(=O)N[C@@H](CCCCN)C(=O)O. The lowest BCUT2D eigenvalue weighted by atomic mass is 10.1. The van der Waals surface area contributed by atoms with Gasteiger partial charge in [-0.3, -0.25) is 19.2 Å². The monoisotopic (exact) mass is 469 g/mol. The van der Waals surface area contributed by atoms with Crippen LogP contribution < -0.4 is 27.4 Å². The van der Waals surface area contributed by atoms with E-state index in [0.29, 0.717) is 25.1 Å². The molecule has 0 aliphatic heterocycles. The Morgan fingerprint density at radius 1 is 1.03 bits per heavy atom. The van der Waals surface area contributed by atoms with E-state index in [2.05, 4.69) is 25.9 Å². The molecule has 33 heavy (non-hydrogen) atoms. The number of hydrogen-bond donors (Lipinski definition) is 8. The number of carbonyl (C=O) groups excluding carboxylic acids is 3. The average Bonchev–Trinajstić information content (AvgIpc) is 3.24. The van der Waals surface area contributed by atoms with E-state index < -0.39 is 60.2 Å². The van der Waals surface area contributed by atoms with Crippen molar-refractivity contribution in [3.63, 3.8) is 0 Å². The quantitative estimate of drug-likeness (QED) is 0.125. The van der Waals surface area contributed by atoms with E-state index in [1.54, 1.807) is 0 Å². The highest BCUT2D eigenvalue weighted by molar-refractivity contribution is 5.94. The molecule has 0 fully saturated rings. The first-order valence-corrected chi connectivity index (χ1v) is 10.3. The van der Waals surface area contributed by atoms with E-state index in [-0.39, 0.29) is 12.8 Å². The van der Waals surface area contributed by atoms with Crippen LogP contribution in [0.15, 0.2) is 12.5 Å². The summed E-state index contributed by atoms with van der Waals surface area (Å²) in [5.41, 5.74) is 11.4. The number of rotatable bonds is 15. The Hall–Kier alpha value is -3.52. The molecule has 0 aliphatic rings. The minimum atomic E-state index is -1.35. The maximum absolute atomic E-state index is 12.8. The number of H-pyrrole nitrogens is 1. The van der Waals surface area contributed by atoms with Crippen LogP contribution in [-0.2, 0) is 30.4 Å². The van der Waals surface area contributed by atoms with Gasteiger partial charge in [-0.2, -0.15) is 0 Å². The molecular formula is C19H31N7O7. The summed E-state index contributed by atoms with van der Waals surface area (Å²) in [7, 11) is 0. The van der Waals surface area contributed by atoms with Crippen molar-refractivity contribution in [3.8, 4) is 0 Å². The highest BCUT2D eigenvalue weighted by Crippen LogP contribution is 2.05. The topological polar surface area (TPSA) is 243 Å². The lowest BCUT2D eigenvalue weighted by molar-refractivity contribution is -0.142. The zero-order chi connectivity index (χ0) is 25.0. The predicted octanol–water partition coefficient (Wildman–Crippen LogP) is -2.56. The summed E-state index contributed by atoms with van der Waals surface area (Å²) >= 11 is 0. The second-order valence-corrected chi connectivity index (χ2v) is 7.46. The Balaban J connectivity index is 2.85. The fraction of sp³-hybridized carbons (Fsp3) is 0.579. The van der Waals surface area contributed by atoms with Gasteiger partial charge >= 0.3 is 11.9 Å². The van der Waals surface area contributed by atoms with Crippen molar-refractivity contribution >= 4 is 29.7 Å². The second kappa shape index (κ2) is 13.8. The molecule has 4 atom stereocenters. The summed E-state index contributed by atoms with van der Waals surface area (Å²) in [6.07, 6.45) is 3.43. The number of imidazole rings is 1. The third-order valence-corrected chi connectivity index (χ3v) is 4.66. The molecule has 1 heterocycles. The van der Waals surface area contributed by atoms with E-state index in [4.69, 9.17) is 16.6 Å². The number of aliphatic carboxylic acids is 2. The molecule has 0 saturated carbocycles. The van der Waals surface area contributed by atoms with Gasteiger partial charge in [-0.1, -0.05) is 0 Å². The first kappa shape index (κ1) is 27.5. The Morgan fingerprint density at radius 3 is 2.24 bits per heavy atom. The summed E-state index contributed by atoms with van der Waals surface area (Å²) in [5, 5.41) is 25.3. The molecule has 0 spiro atoms. The van der Waals surface area contributed by atoms with Gasteiger partial charge in [0.25, 0.3) is 0 Å². The van der Waals surface area contributed by atoms with Crippen molar-refractivity contribution in [3.05, 3.63) is 18.2 Å². The third kappa shape index (κ3) is 10.1. The molecule has 0 bridgehead atoms. The number of unbranched alkanes of at least 4 members (excludes halogenated alkanes) is 1. The maximum Gasteiger partial charge on any atom is 0.326 e. The highest BCUT2D eigenvalue weighted by atomic mass is 16.4. The molecular weight excluding hydrogens is 438 g/mol. The van der Waals surface area contributed by atoms with Crippen LogP contribution in [0, 0.1) is 0 Å². The van der Waals surface area contributed by atoms with Crippen molar-refractivity contribution in [2.45, 2.75) is 63.2 Å². The standard InChI is InChI=1S/C19H31N7O7/c1-10(24-17(30)12(21)7-15(27)28)16(29)26-14(6-11-8-22-9-23-11)18(31)25-13(19(32)33)4-2-3-5-20/h8-10,12-14H,2-7,20-21H2,1H3,(H,22,23)(H,24,30)(H,25,31)(H,26,29)(H,27,28)(H,32,33)/t10-,12+,13-,14-/m0/s1. The summed E-state index contributed by atoms with van der Waals surface area (Å²) in [5.74, 6) is -4.83. The molecule has 0 aromatic carbocycles. The Morgan fingerprint density at radius 2 is 1.70 bits per heavy atom. The number of nitrogens with one attached hydrogen (secondary N) is 4. The van der Waals surface area contributed by atoms with Crippen LogP contribution in [0.4, 0.5) is 0 Å². The van der Waals surface area contributed by atoms with Crippen LogP contribution in [0.25, 0.3) is 0 Å². The number of carbonyl (C=O) groups is 5. The number of aromatic amines is 1. The fourth-order valence-electron chi connectivity index (χ4n) is 2.81. The van der Waals surface area contributed by atoms with E-state index >= 15 is 0 Å². The minimum Gasteiger partial charge on any atom is -0.481 e. The highest BCUT2D eigenvalue weighted by Gasteiger charge is 2.29. The molecule has 14 nitrogen and oxygen atoms in total. The molecule has 0 unspecified atom stereocenters. The van der Waals surface area contributed by atoms with Gasteiger partial charge < -0.3 is 42.6 Å². The lowest BCUT2D eigenvalue weighted by Gasteiger charge is -2.23. The maximum atomic E-state index is 12.8. The number of amides is 3. The first-order valence-electron chi connectivity index (χ1n) is 10.3. The van der Waals surface area contributed by atoms with Crippen LogP contribution in [0.2, 0.25) is 0 Å². The van der Waals surface area contributed by atoms with E-state index in [0.717, 1.165) is 0 Å². The lowest BCUT2D eigenvalue weighted by Crippen LogP contribution is -2.57. The van der Waals surface area contributed by atoms with Crippen LogP contribution >= 0.6 is 0 Å². The molecule has 1 rings (SSSR count). The van der Waals surface area contributed by atoms with Crippen molar-refractivity contribution < 1.29 is 34.2 Å². The molecule has 1 aromatic heterocycles. The van der Waals surface area contributed by atoms with Crippen molar-refractivity contribution in [2.24, 2.45) is 11.5 Å². The molecule has 1 aromatic rings. The van der Waals surface area contributed by atoms with E-state index in [1.165, 1.54) is 19.4 Å². The first-order chi connectivity index (χ1) is 15.5. The zero-order valence-electron chi connectivity index (χ0n) is 18.2. The zero-order valence-corrected chi connectivity index (χ0v) is 18.2. The van der Waals surface area contributed by atoms with Gasteiger partial charge in [0, 0.05) is 18.3 Å². The summed E-state index contributed by atoms with van der Waals surface area (Å²) in [6.45, 7) is 1.72. The number of nitrogens with zero attached hydrogens (tertiary/aromatic N) is 1. The molecule has 0 radical (unpaired) electrons. The smallest absolute Gasteiger partial charge is 0.326 e. The van der Waals surface area contributed by atoms with Gasteiger partial charge in [0.1, 0.15) is 18.1 Å². The van der Waals surface area contributed by atoms with Crippen molar-refractivity contribution in [1.82, 2.24) is 25.9 Å². The number of carboxylic acids is 2. The third-order valence-electron chi connectivity index (χ3n) is 4.66. The van der Waals surface area contributed by atoms with Gasteiger partial charge in [0.05, 0.1) is 18.8 Å².